The van der Waals surface area contributed by atoms with Crippen LogP contribution in [-0.2, 0) is 33.1 Å². The first-order valence-corrected chi connectivity index (χ1v) is 18.3. The topological polar surface area (TPSA) is 138 Å². The van der Waals surface area contributed by atoms with Gasteiger partial charge >= 0.3 is 110 Å². The summed E-state index contributed by atoms with van der Waals surface area (Å²) in [5.41, 5.74) is 4.15. The Balaban J connectivity index is 0.000000772. The average Bonchev–Trinajstić information content (AvgIpc) is 3.84. The second-order valence-electron chi connectivity index (χ2n) is 12.6. The zero-order valence-electron chi connectivity index (χ0n) is 34.2. The van der Waals surface area contributed by atoms with E-state index < -0.39 is 0 Å². The van der Waals surface area contributed by atoms with Crippen molar-refractivity contribution in [3.8, 4) is 11.3 Å². The van der Waals surface area contributed by atoms with Crippen LogP contribution in [0.5, 0.6) is 0 Å². The van der Waals surface area contributed by atoms with Crippen LogP contribution in [0.15, 0.2) is 73.3 Å². The third kappa shape index (κ3) is 15.6. The molecule has 0 saturated carbocycles. The molecule has 4 aromatic heterocycles. The number of halogens is 5. The summed E-state index contributed by atoms with van der Waals surface area (Å²) in [7, 11) is 3.41. The molecule has 0 aliphatic carbocycles. The van der Waals surface area contributed by atoms with Crippen molar-refractivity contribution in [2.24, 2.45) is 14.1 Å². The van der Waals surface area contributed by atoms with E-state index in [2.05, 4.69) is 34.7 Å². The predicted molar refractivity (Wildman–Crippen MR) is 222 cm³/mol. The maximum atomic E-state index is 8.64. The van der Waals surface area contributed by atoms with E-state index >= 15 is 0 Å². The number of alkyl halides is 2. The second kappa shape index (κ2) is 25.7. The van der Waals surface area contributed by atoms with Crippen LogP contribution in [0, 0.1) is 13.1 Å². The number of rotatable bonds is 3. The van der Waals surface area contributed by atoms with Gasteiger partial charge in [0.05, 0.1) is 47.3 Å². The fraction of sp³-hybridized carbons (Fsp3) is 0.270. The summed E-state index contributed by atoms with van der Waals surface area (Å²) >= 11 is 27.9. The Morgan fingerprint density at radius 1 is 0.845 bits per heavy atom. The van der Waals surface area contributed by atoms with Gasteiger partial charge in [0, 0.05) is 64.5 Å². The van der Waals surface area contributed by atoms with Crippen molar-refractivity contribution >= 4 is 110 Å². The van der Waals surface area contributed by atoms with Crippen LogP contribution in [0.2, 0.25) is 15.2 Å². The van der Waals surface area contributed by atoms with E-state index in [0.29, 0.717) is 32.6 Å². The van der Waals surface area contributed by atoms with Crippen LogP contribution < -0.4 is 113 Å². The van der Waals surface area contributed by atoms with Gasteiger partial charge in [0.15, 0.2) is 0 Å². The Hall–Kier alpha value is -1.20. The Morgan fingerprint density at radius 2 is 1.29 bits per heavy atom. The van der Waals surface area contributed by atoms with Gasteiger partial charge in [-0.15, -0.1) is 23.2 Å². The van der Waals surface area contributed by atoms with Crippen LogP contribution >= 0.6 is 58.0 Å². The molecule has 1 aliphatic heterocycles. The summed E-state index contributed by atoms with van der Waals surface area (Å²) < 4.78 is 15.2. The number of hydrogen-bond acceptors (Lipinski definition) is 9. The van der Waals surface area contributed by atoms with Gasteiger partial charge < -0.3 is 20.9 Å². The number of carbonyl (C=O) groups excluding carboxylic acids is 1. The van der Waals surface area contributed by atoms with Crippen molar-refractivity contribution < 1.29 is 128 Å². The molecule has 0 unspecified atom stereocenters. The third-order valence-corrected chi connectivity index (χ3v) is 8.97. The first-order valence-electron chi connectivity index (χ1n) is 16.3. The van der Waals surface area contributed by atoms with Crippen LogP contribution in [0.25, 0.3) is 42.8 Å². The SMILES string of the molecule is CC(Cl)Cl.Cn1cc(B2OC(C)(C)C(C)(C)O2)cn1.O=CO[O-].[C-]#[N+]c1cc2c(Cl)cccc2nc1-c1cnn(C)c1.[C-]#[N+]c1cc2c(Cl)cccc2nc1Cl.[H-].[K+].[K+]. The van der Waals surface area contributed by atoms with Crippen molar-refractivity contribution in [2.45, 2.75) is 50.7 Å². The molecule has 58 heavy (non-hydrogen) atoms. The summed E-state index contributed by atoms with van der Waals surface area (Å²) in [6, 6.07) is 14.3. The van der Waals surface area contributed by atoms with E-state index in [1.807, 2.05) is 66.3 Å². The van der Waals surface area contributed by atoms with Gasteiger partial charge in [-0.2, -0.15) is 10.2 Å². The molecule has 1 saturated heterocycles. The summed E-state index contributed by atoms with van der Waals surface area (Å²) in [5, 5.41) is 19.6. The molecule has 1 aliphatic rings. The Bertz CT molecular complexity index is 2360. The van der Waals surface area contributed by atoms with Crippen LogP contribution in [0.4, 0.5) is 11.4 Å². The minimum Gasteiger partial charge on any atom is -1.00 e. The molecule has 294 valence electrons. The summed E-state index contributed by atoms with van der Waals surface area (Å²) in [5.74, 6) is 0. The first kappa shape index (κ1) is 54.8. The standard InChI is InChI=1S/C14H9ClN4.C10H17BN2O2.C10H4Cl2N2.C2H4Cl2.CH2O3.2K.H/c1-16-13-6-10-11(15)4-3-5-12(10)18-14(13)9-7-17-19(2)8-9;1-9(2)10(3,4)15-11(14-9)8-6-12-13(5)7-8;1-13-9-5-6-7(11)3-2-4-8(6)14-10(9)12;1-2(3)4;2-1-4-3;;;/h3-8H,2H3;6-7H,1-5H3;2-5H;2H,1H3;1,3H;;;/q;;;;;2*+1;-1/p-1. The monoisotopic (exact) mass is 936 g/mol. The van der Waals surface area contributed by atoms with Crippen molar-refractivity contribution in [1.29, 1.82) is 0 Å². The molecule has 6 aromatic rings. The summed E-state index contributed by atoms with van der Waals surface area (Å²) in [6.07, 6.45) is 7.24. The quantitative estimate of drug-likeness (QED) is 0.0499. The van der Waals surface area contributed by atoms with E-state index in [0.717, 1.165) is 27.3 Å². The molecule has 5 heterocycles. The molecule has 0 N–H and O–H groups in total. The van der Waals surface area contributed by atoms with Gasteiger partial charge in [-0.25, -0.2) is 14.7 Å². The fourth-order valence-electron chi connectivity index (χ4n) is 4.73. The predicted octanol–water partition coefficient (Wildman–Crippen LogP) is 3.02. The average molecular weight is 939 g/mol. The fourth-order valence-corrected chi connectivity index (χ4v) is 5.37. The van der Waals surface area contributed by atoms with Gasteiger partial charge in [0.25, 0.3) is 6.47 Å². The number of pyridine rings is 2. The normalized spacial score (nSPS) is 12.9. The van der Waals surface area contributed by atoms with Gasteiger partial charge in [-0.1, -0.05) is 46.9 Å². The molecule has 1 fully saturated rings. The maximum absolute atomic E-state index is 8.64. The van der Waals surface area contributed by atoms with Crippen LogP contribution in [0.3, 0.4) is 0 Å². The van der Waals surface area contributed by atoms with Gasteiger partial charge in [0.2, 0.25) is 11.4 Å². The molecule has 2 aromatic carbocycles. The maximum Gasteiger partial charge on any atom is 1.00 e. The number of aromatic nitrogens is 6. The van der Waals surface area contributed by atoms with E-state index in [4.69, 9.17) is 90.5 Å². The minimum absolute atomic E-state index is 0. The van der Waals surface area contributed by atoms with E-state index in [1.54, 1.807) is 65.1 Å². The largest absolute Gasteiger partial charge is 1.00 e. The van der Waals surface area contributed by atoms with E-state index in [9.17, 15) is 0 Å². The number of hydrogen-bond donors (Lipinski definition) is 0. The number of nitrogens with zero attached hydrogens (tertiary/aromatic N) is 8. The van der Waals surface area contributed by atoms with Crippen LogP contribution in [0.1, 0.15) is 36.0 Å². The summed E-state index contributed by atoms with van der Waals surface area (Å²) in [4.78, 5) is 26.4. The Morgan fingerprint density at radius 3 is 1.71 bits per heavy atom. The molecule has 0 spiro atoms. The van der Waals surface area contributed by atoms with Gasteiger partial charge in [-0.3, -0.25) is 19.1 Å². The first-order chi connectivity index (χ1) is 26.4. The Kier molecular flexibility index (Phi) is 24.3. The molecular weight excluding hydrogens is 903 g/mol. The van der Waals surface area contributed by atoms with Crippen molar-refractivity contribution in [3.05, 3.63) is 111 Å². The van der Waals surface area contributed by atoms with Crippen molar-refractivity contribution in [2.75, 3.05) is 0 Å². The molecular formula is C37H36BCl5K2N8O5. The van der Waals surface area contributed by atoms with E-state index in [1.165, 1.54) is 0 Å². The van der Waals surface area contributed by atoms with E-state index in [-0.39, 0.29) is 139 Å². The van der Waals surface area contributed by atoms with Crippen molar-refractivity contribution in [1.82, 2.24) is 29.5 Å². The zero-order valence-corrected chi connectivity index (χ0v) is 43.2. The zero-order chi connectivity index (χ0) is 41.8. The van der Waals surface area contributed by atoms with Gasteiger partial charge in [0.1, 0.15) is 9.99 Å². The molecule has 13 nitrogen and oxygen atoms in total. The van der Waals surface area contributed by atoms with Crippen LogP contribution in [-0.4, -0.2) is 59.2 Å². The molecule has 0 bridgehead atoms. The molecule has 0 amide bonds. The second-order valence-corrected chi connectivity index (χ2v) is 15.3. The summed E-state index contributed by atoms with van der Waals surface area (Å²) in [6.45, 7) is 23.9. The third-order valence-electron chi connectivity index (χ3n) is 8.04. The number of benzene rings is 2. The smallest absolute Gasteiger partial charge is 1.00 e. The molecule has 7 rings (SSSR count). The molecule has 0 atom stereocenters. The minimum atomic E-state index is -0.302. The van der Waals surface area contributed by atoms with Gasteiger partial charge in [-0.05, 0) is 71.0 Å². The molecule has 0 radical (unpaired) electrons. The Labute approximate surface area is 449 Å². The van der Waals surface area contributed by atoms with Crippen molar-refractivity contribution in [3.63, 3.8) is 0 Å². The number of aryl methyl sites for hydroxylation is 2. The molecule has 21 heteroatoms. The number of fused-ring (bicyclic) bond motifs is 2. The number of carbonyl (C=O) groups is 1.